The first-order valence-corrected chi connectivity index (χ1v) is 12.7. The molecule has 1 aliphatic rings. The molecule has 1 aromatic carbocycles. The van der Waals surface area contributed by atoms with E-state index in [4.69, 9.17) is 0 Å². The lowest BCUT2D eigenvalue weighted by Gasteiger charge is -2.44. The predicted molar refractivity (Wildman–Crippen MR) is 114 cm³/mol. The van der Waals surface area contributed by atoms with Crippen molar-refractivity contribution in [3.63, 3.8) is 0 Å². The zero-order valence-corrected chi connectivity index (χ0v) is 18.2. The van der Waals surface area contributed by atoms with Crippen molar-refractivity contribution in [2.45, 2.75) is 96.2 Å². The van der Waals surface area contributed by atoms with Crippen LogP contribution in [0.3, 0.4) is 0 Å². The fourth-order valence-electron chi connectivity index (χ4n) is 6.01. The first-order valence-electron chi connectivity index (χ1n) is 10.5. The Kier molecular flexibility index (Phi) is 5.48. The molecule has 3 rings (SSSR count). The summed E-state index contributed by atoms with van der Waals surface area (Å²) in [6.07, 6.45) is 9.43. The van der Waals surface area contributed by atoms with Crippen LogP contribution in [0, 0.1) is 0 Å². The minimum Gasteiger partial charge on any atom is -0.373 e. The second kappa shape index (κ2) is 7.30. The van der Waals surface area contributed by atoms with Gasteiger partial charge in [0, 0.05) is 5.52 Å². The summed E-state index contributed by atoms with van der Waals surface area (Å²) >= 11 is 0. The average molecular weight is 356 g/mol. The third-order valence-electron chi connectivity index (χ3n) is 6.99. The standard InChI is InChI=1S/C23H37NSi/c1-17(2)25(18(3)4,19(5)6)24-15-14-21-12-13-22(16-23(21)24)20-10-8-7-9-11-20/h12-20H,7-11H2,1-6H3. The lowest BCUT2D eigenvalue weighted by Crippen LogP contribution is -2.51. The Labute approximate surface area is 155 Å². The first kappa shape index (κ1) is 18.8. The highest BCUT2D eigenvalue weighted by Gasteiger charge is 2.45. The Morgan fingerprint density at radius 1 is 0.840 bits per heavy atom. The Balaban J connectivity index is 2.14. The van der Waals surface area contributed by atoms with Crippen LogP contribution in [0.4, 0.5) is 0 Å². The van der Waals surface area contributed by atoms with Gasteiger partial charge in [0.05, 0.1) is 0 Å². The monoisotopic (exact) mass is 355 g/mol. The smallest absolute Gasteiger partial charge is 0.169 e. The highest BCUT2D eigenvalue weighted by Crippen LogP contribution is 2.44. The van der Waals surface area contributed by atoms with E-state index < -0.39 is 8.24 Å². The van der Waals surface area contributed by atoms with E-state index in [9.17, 15) is 0 Å². The van der Waals surface area contributed by atoms with Crippen molar-refractivity contribution >= 4 is 19.1 Å². The number of hydrogen-bond donors (Lipinski definition) is 0. The molecule has 25 heavy (non-hydrogen) atoms. The molecule has 0 bridgehead atoms. The molecule has 0 spiro atoms. The first-order chi connectivity index (χ1) is 11.9. The molecule has 1 aromatic heterocycles. The summed E-state index contributed by atoms with van der Waals surface area (Å²) in [4.78, 5) is 0. The molecule has 1 nitrogen and oxygen atoms in total. The van der Waals surface area contributed by atoms with Crippen LogP contribution in [0.2, 0.25) is 16.6 Å². The highest BCUT2D eigenvalue weighted by atomic mass is 28.3. The lowest BCUT2D eigenvalue weighted by atomic mass is 9.84. The van der Waals surface area contributed by atoms with Gasteiger partial charge in [-0.25, -0.2) is 0 Å². The molecule has 0 atom stereocenters. The molecular weight excluding hydrogens is 318 g/mol. The van der Waals surface area contributed by atoms with Crippen molar-refractivity contribution in [3.05, 3.63) is 36.0 Å². The highest BCUT2D eigenvalue weighted by molar-refractivity contribution is 6.82. The van der Waals surface area contributed by atoms with Crippen LogP contribution >= 0.6 is 0 Å². The third-order valence-corrected chi connectivity index (χ3v) is 13.8. The zero-order chi connectivity index (χ0) is 18.2. The number of nitrogens with zero attached hydrogens (tertiary/aromatic N) is 1. The maximum absolute atomic E-state index is 2.77. The maximum Gasteiger partial charge on any atom is 0.169 e. The Morgan fingerprint density at radius 2 is 1.44 bits per heavy atom. The quantitative estimate of drug-likeness (QED) is 0.484. The molecule has 0 aliphatic heterocycles. The van der Waals surface area contributed by atoms with Gasteiger partial charge in [-0.15, -0.1) is 0 Å². The normalized spacial score (nSPS) is 17.3. The number of fused-ring (bicyclic) bond motifs is 1. The van der Waals surface area contributed by atoms with Gasteiger partial charge in [-0.1, -0.05) is 72.9 Å². The summed E-state index contributed by atoms with van der Waals surface area (Å²) in [5, 5.41) is 1.43. The fourth-order valence-corrected chi connectivity index (χ4v) is 12.6. The van der Waals surface area contributed by atoms with Gasteiger partial charge >= 0.3 is 0 Å². The van der Waals surface area contributed by atoms with E-state index >= 15 is 0 Å². The molecule has 0 N–H and O–H groups in total. The van der Waals surface area contributed by atoms with E-state index in [1.54, 1.807) is 5.56 Å². The Hall–Kier alpha value is -1.02. The SMILES string of the molecule is CC(C)[Si](C(C)C)(C(C)C)n1ccc2ccc(C3CCCCC3)cc21. The summed E-state index contributed by atoms with van der Waals surface area (Å²) in [7, 11) is -1.67. The van der Waals surface area contributed by atoms with Gasteiger partial charge in [0.2, 0.25) is 0 Å². The van der Waals surface area contributed by atoms with Crippen molar-refractivity contribution in [2.24, 2.45) is 0 Å². The second-order valence-electron chi connectivity index (χ2n) is 9.19. The molecular formula is C23H37NSi. The number of hydrogen-bond acceptors (Lipinski definition) is 0. The molecule has 0 radical (unpaired) electrons. The van der Waals surface area contributed by atoms with E-state index in [0.717, 1.165) is 22.5 Å². The van der Waals surface area contributed by atoms with Gasteiger partial charge in [0.15, 0.2) is 8.24 Å². The summed E-state index contributed by atoms with van der Waals surface area (Å²) in [5.74, 6) is 0.787. The van der Waals surface area contributed by atoms with E-state index in [0.29, 0.717) is 0 Å². The van der Waals surface area contributed by atoms with Gasteiger partial charge in [0.25, 0.3) is 0 Å². The molecule has 1 aliphatic carbocycles. The van der Waals surface area contributed by atoms with Gasteiger partial charge in [-0.05, 0) is 64.7 Å². The van der Waals surface area contributed by atoms with Crippen LogP contribution < -0.4 is 0 Å². The summed E-state index contributed by atoms with van der Waals surface area (Å²) in [6.45, 7) is 14.8. The fraction of sp³-hybridized carbons (Fsp3) is 0.652. The average Bonchev–Trinajstić information content (AvgIpc) is 2.99. The molecule has 138 valence electrons. The van der Waals surface area contributed by atoms with Crippen LogP contribution in [0.15, 0.2) is 30.5 Å². The van der Waals surface area contributed by atoms with Crippen molar-refractivity contribution in [3.8, 4) is 0 Å². The molecule has 0 amide bonds. The zero-order valence-electron chi connectivity index (χ0n) is 17.2. The van der Waals surface area contributed by atoms with Gasteiger partial charge < -0.3 is 4.23 Å². The maximum atomic E-state index is 2.77. The molecule has 0 unspecified atom stereocenters. The topological polar surface area (TPSA) is 4.93 Å². The van der Waals surface area contributed by atoms with Crippen LogP contribution in [0.25, 0.3) is 10.9 Å². The second-order valence-corrected chi connectivity index (χ2v) is 14.9. The van der Waals surface area contributed by atoms with Crippen molar-refractivity contribution < 1.29 is 0 Å². The lowest BCUT2D eigenvalue weighted by molar-refractivity contribution is 0.444. The van der Waals surface area contributed by atoms with Crippen LogP contribution in [0.1, 0.15) is 85.1 Å². The van der Waals surface area contributed by atoms with Crippen molar-refractivity contribution in [1.29, 1.82) is 0 Å². The minimum absolute atomic E-state index is 0.737. The van der Waals surface area contributed by atoms with Gasteiger partial charge in [-0.3, -0.25) is 0 Å². The van der Waals surface area contributed by atoms with Crippen LogP contribution in [0.5, 0.6) is 0 Å². The van der Waals surface area contributed by atoms with E-state index in [2.05, 4.69) is 76.2 Å². The summed E-state index contributed by atoms with van der Waals surface area (Å²) in [6, 6.07) is 9.71. The van der Waals surface area contributed by atoms with Gasteiger partial charge in [0.1, 0.15) is 0 Å². The molecule has 2 heteroatoms. The number of benzene rings is 1. The minimum atomic E-state index is -1.67. The molecule has 2 aromatic rings. The summed E-state index contributed by atoms with van der Waals surface area (Å²) in [5.41, 5.74) is 5.31. The molecule has 1 fully saturated rings. The van der Waals surface area contributed by atoms with Crippen LogP contribution in [-0.2, 0) is 0 Å². The predicted octanol–water partition coefficient (Wildman–Crippen LogP) is 7.71. The van der Waals surface area contributed by atoms with Crippen molar-refractivity contribution in [1.82, 2.24) is 4.23 Å². The van der Waals surface area contributed by atoms with E-state index in [1.807, 2.05) is 0 Å². The molecule has 0 saturated heterocycles. The van der Waals surface area contributed by atoms with Crippen LogP contribution in [-0.4, -0.2) is 12.5 Å². The largest absolute Gasteiger partial charge is 0.373 e. The van der Waals surface area contributed by atoms with E-state index in [-0.39, 0.29) is 0 Å². The Bertz CT molecular complexity index is 682. The third kappa shape index (κ3) is 3.11. The van der Waals surface area contributed by atoms with E-state index in [1.165, 1.54) is 43.0 Å². The molecule has 1 saturated carbocycles. The molecule has 1 heterocycles. The van der Waals surface area contributed by atoms with Crippen molar-refractivity contribution in [2.75, 3.05) is 0 Å². The Morgan fingerprint density at radius 3 is 2.00 bits per heavy atom. The number of aromatic nitrogens is 1. The summed E-state index contributed by atoms with van der Waals surface area (Å²) < 4.78 is 2.77. The van der Waals surface area contributed by atoms with Gasteiger partial charge in [-0.2, -0.15) is 0 Å². The number of rotatable bonds is 5.